The Hall–Kier alpha value is -1.28. The summed E-state index contributed by atoms with van der Waals surface area (Å²) in [4.78, 5) is 0. The summed E-state index contributed by atoms with van der Waals surface area (Å²) in [7, 11) is 0. The van der Waals surface area contributed by atoms with Gasteiger partial charge >= 0.3 is 0 Å². The van der Waals surface area contributed by atoms with Crippen LogP contribution in [0.15, 0.2) is 48.6 Å². The fourth-order valence-corrected chi connectivity index (χ4v) is 6.54. The van der Waals surface area contributed by atoms with Crippen LogP contribution in [0.4, 0.5) is 0 Å². The zero-order chi connectivity index (χ0) is 39.8. The zero-order valence-electron chi connectivity index (χ0n) is 37.1. The Morgan fingerprint density at radius 3 is 1.49 bits per heavy atom. The van der Waals surface area contributed by atoms with Gasteiger partial charge in [-0.05, 0) is 149 Å². The number of nitrogens with one attached hydrogen (secondary N) is 3. The average molecular weight is 773 g/mol. The lowest BCUT2D eigenvalue weighted by Gasteiger charge is -2.20. The summed E-state index contributed by atoms with van der Waals surface area (Å²) < 4.78 is 12.7. The number of hydrogen-bond donors (Lipinski definition) is 4. The molecule has 0 aromatic carbocycles. The van der Waals surface area contributed by atoms with E-state index in [4.69, 9.17) is 15.2 Å². The van der Waals surface area contributed by atoms with Crippen LogP contribution in [0, 0.1) is 0 Å². The Kier molecular flexibility index (Phi) is 47.7. The second-order valence-electron chi connectivity index (χ2n) is 15.8. The summed E-state index contributed by atoms with van der Waals surface area (Å²) in [6.45, 7) is 15.2. The van der Waals surface area contributed by atoms with Crippen LogP contribution in [0.25, 0.3) is 0 Å². The molecule has 2 unspecified atom stereocenters. The van der Waals surface area contributed by atoms with E-state index in [0.29, 0.717) is 12.6 Å². The monoisotopic (exact) mass is 773 g/mol. The van der Waals surface area contributed by atoms with Gasteiger partial charge < -0.3 is 31.2 Å². The van der Waals surface area contributed by atoms with E-state index in [2.05, 4.69) is 85.3 Å². The van der Waals surface area contributed by atoms with Crippen molar-refractivity contribution >= 4 is 0 Å². The van der Waals surface area contributed by atoms with Crippen LogP contribution in [0.1, 0.15) is 194 Å². The molecule has 6 heteroatoms. The van der Waals surface area contributed by atoms with Gasteiger partial charge in [0.25, 0.3) is 0 Å². The SMILES string of the molecule is CCCCC/C=C\C/C=C\CCCCCCCCOC(CCCCCC/C=C\C/C=C\CCCCC)COCC(C)NCCCNCCCCNCCCN. The lowest BCUT2D eigenvalue weighted by atomic mass is 10.1. The van der Waals surface area contributed by atoms with Crippen molar-refractivity contribution in [3.63, 3.8) is 0 Å². The maximum Gasteiger partial charge on any atom is 0.0808 e. The standard InChI is InChI=1S/C49H96N4O2/c1-4-6-8-10-12-14-16-18-20-21-23-25-27-29-31-35-45-55-49(38-32-30-28-26-24-22-19-17-15-13-11-9-7-5-2)47-54-46-48(3)53-44-37-43-52-41-34-33-40-51-42-36-39-50/h12-15,18-20,22,48-49,51-53H,4-11,16-17,21,23-47,50H2,1-3H3/b14-12-,15-13-,20-18-,22-19-. The predicted octanol–water partition coefficient (Wildman–Crippen LogP) is 12.3. The van der Waals surface area contributed by atoms with Gasteiger partial charge in [0.05, 0.1) is 19.3 Å². The fraction of sp³-hybridized carbons (Fsp3) is 0.837. The Morgan fingerprint density at radius 2 is 0.945 bits per heavy atom. The van der Waals surface area contributed by atoms with Crippen molar-refractivity contribution in [2.75, 3.05) is 59.1 Å². The molecule has 0 saturated heterocycles. The molecule has 0 aromatic heterocycles. The Balaban J connectivity index is 4.17. The van der Waals surface area contributed by atoms with E-state index in [1.165, 1.54) is 141 Å². The molecule has 324 valence electrons. The third-order valence-corrected chi connectivity index (χ3v) is 10.1. The first-order valence-electron chi connectivity index (χ1n) is 23.9. The van der Waals surface area contributed by atoms with E-state index in [1.54, 1.807) is 0 Å². The topological polar surface area (TPSA) is 80.6 Å². The minimum absolute atomic E-state index is 0.217. The van der Waals surface area contributed by atoms with E-state index in [9.17, 15) is 0 Å². The van der Waals surface area contributed by atoms with Gasteiger partial charge in [-0.25, -0.2) is 0 Å². The summed E-state index contributed by atoms with van der Waals surface area (Å²) in [5.74, 6) is 0. The number of unbranched alkanes of at least 4 members (excludes halogenated alkanes) is 17. The van der Waals surface area contributed by atoms with Gasteiger partial charge in [-0.2, -0.15) is 0 Å². The van der Waals surface area contributed by atoms with Crippen molar-refractivity contribution in [1.29, 1.82) is 0 Å². The van der Waals surface area contributed by atoms with Crippen LogP contribution in [-0.4, -0.2) is 71.2 Å². The quantitative estimate of drug-likeness (QED) is 0.0364. The van der Waals surface area contributed by atoms with Gasteiger partial charge in [-0.1, -0.05) is 133 Å². The van der Waals surface area contributed by atoms with Crippen LogP contribution >= 0.6 is 0 Å². The van der Waals surface area contributed by atoms with E-state index in [0.717, 1.165) is 84.6 Å². The van der Waals surface area contributed by atoms with Crippen molar-refractivity contribution in [2.45, 2.75) is 206 Å². The molecule has 5 N–H and O–H groups in total. The first-order chi connectivity index (χ1) is 27.2. The second-order valence-corrected chi connectivity index (χ2v) is 15.8. The third-order valence-electron chi connectivity index (χ3n) is 10.1. The smallest absolute Gasteiger partial charge is 0.0808 e. The van der Waals surface area contributed by atoms with Crippen molar-refractivity contribution in [2.24, 2.45) is 5.73 Å². The molecule has 0 radical (unpaired) electrons. The minimum Gasteiger partial charge on any atom is -0.377 e. The molecule has 0 fully saturated rings. The molecule has 0 spiro atoms. The van der Waals surface area contributed by atoms with Crippen LogP contribution < -0.4 is 21.7 Å². The molecule has 0 aromatic rings. The molecule has 0 heterocycles. The van der Waals surface area contributed by atoms with Crippen LogP contribution in [0.5, 0.6) is 0 Å². The largest absolute Gasteiger partial charge is 0.377 e. The summed E-state index contributed by atoms with van der Waals surface area (Å²) in [5.41, 5.74) is 5.54. The highest BCUT2D eigenvalue weighted by Crippen LogP contribution is 2.13. The van der Waals surface area contributed by atoms with Crippen molar-refractivity contribution in [3.05, 3.63) is 48.6 Å². The molecule has 0 rings (SSSR count). The van der Waals surface area contributed by atoms with Gasteiger partial charge in [0.15, 0.2) is 0 Å². The summed E-state index contributed by atoms with van der Waals surface area (Å²) in [6.07, 6.45) is 52.7. The fourth-order valence-electron chi connectivity index (χ4n) is 6.54. The summed E-state index contributed by atoms with van der Waals surface area (Å²) in [5, 5.41) is 10.7. The van der Waals surface area contributed by atoms with Gasteiger partial charge in [-0.3, -0.25) is 0 Å². The average Bonchev–Trinajstić information content (AvgIpc) is 3.19. The van der Waals surface area contributed by atoms with Gasteiger partial charge in [0.2, 0.25) is 0 Å². The van der Waals surface area contributed by atoms with Crippen LogP contribution in [0.2, 0.25) is 0 Å². The Labute approximate surface area is 344 Å². The molecule has 0 aliphatic carbocycles. The maximum atomic E-state index is 6.44. The zero-order valence-corrected chi connectivity index (χ0v) is 37.1. The highest BCUT2D eigenvalue weighted by atomic mass is 16.5. The molecular weight excluding hydrogens is 677 g/mol. The predicted molar refractivity (Wildman–Crippen MR) is 245 cm³/mol. The molecule has 2 atom stereocenters. The van der Waals surface area contributed by atoms with E-state index >= 15 is 0 Å². The summed E-state index contributed by atoms with van der Waals surface area (Å²) in [6, 6.07) is 0.359. The third kappa shape index (κ3) is 47.0. The van der Waals surface area contributed by atoms with E-state index in [1.807, 2.05) is 0 Å². The normalized spacial score (nSPS) is 13.5. The Bertz CT molecular complexity index is 830. The van der Waals surface area contributed by atoms with Crippen molar-refractivity contribution < 1.29 is 9.47 Å². The number of hydrogen-bond acceptors (Lipinski definition) is 6. The lowest BCUT2D eigenvalue weighted by molar-refractivity contribution is -0.0262. The lowest BCUT2D eigenvalue weighted by Crippen LogP contribution is -2.34. The number of allylic oxidation sites excluding steroid dienone is 8. The Morgan fingerprint density at radius 1 is 0.473 bits per heavy atom. The first-order valence-corrected chi connectivity index (χ1v) is 23.9. The summed E-state index contributed by atoms with van der Waals surface area (Å²) >= 11 is 0. The molecule has 6 nitrogen and oxygen atoms in total. The molecule has 0 bridgehead atoms. The van der Waals surface area contributed by atoms with Crippen LogP contribution in [0.3, 0.4) is 0 Å². The molecule has 0 amide bonds. The van der Waals surface area contributed by atoms with E-state index in [-0.39, 0.29) is 6.10 Å². The molecule has 0 saturated carbocycles. The van der Waals surface area contributed by atoms with Crippen molar-refractivity contribution in [3.8, 4) is 0 Å². The number of rotatable bonds is 46. The van der Waals surface area contributed by atoms with Gasteiger partial charge in [0, 0.05) is 12.6 Å². The van der Waals surface area contributed by atoms with Crippen molar-refractivity contribution in [1.82, 2.24) is 16.0 Å². The molecule has 55 heavy (non-hydrogen) atoms. The number of nitrogens with two attached hydrogens (primary N) is 1. The maximum absolute atomic E-state index is 6.44. The first kappa shape index (κ1) is 53.7. The minimum atomic E-state index is 0.217. The molecule has 0 aliphatic rings. The van der Waals surface area contributed by atoms with Gasteiger partial charge in [-0.15, -0.1) is 0 Å². The number of ether oxygens (including phenoxy) is 2. The molecular formula is C49H96N4O2. The second kappa shape index (κ2) is 48.9. The molecule has 0 aliphatic heterocycles. The van der Waals surface area contributed by atoms with E-state index < -0.39 is 0 Å². The highest BCUT2D eigenvalue weighted by Gasteiger charge is 2.11. The van der Waals surface area contributed by atoms with Gasteiger partial charge in [0.1, 0.15) is 0 Å². The van der Waals surface area contributed by atoms with Crippen LogP contribution in [-0.2, 0) is 9.47 Å². The highest BCUT2D eigenvalue weighted by molar-refractivity contribution is 4.93.